The van der Waals surface area contributed by atoms with Crippen molar-refractivity contribution < 1.29 is 9.53 Å². The van der Waals surface area contributed by atoms with Gasteiger partial charge >= 0.3 is 0 Å². The van der Waals surface area contributed by atoms with Crippen LogP contribution in [-0.2, 0) is 11.3 Å². The summed E-state index contributed by atoms with van der Waals surface area (Å²) in [5.74, 6) is 0.647. The zero-order valence-corrected chi connectivity index (χ0v) is 11.7. The summed E-state index contributed by atoms with van der Waals surface area (Å²) >= 11 is 3.44. The van der Waals surface area contributed by atoms with Crippen LogP contribution < -0.4 is 15.8 Å². The lowest BCUT2D eigenvalue weighted by atomic mass is 10.1. The van der Waals surface area contributed by atoms with Gasteiger partial charge in [-0.1, -0.05) is 12.1 Å². The zero-order valence-electron chi connectivity index (χ0n) is 10.1. The highest BCUT2D eigenvalue weighted by molar-refractivity contribution is 9.10. The number of carbonyl (C=O) groups excluding carboxylic acids is 1. The van der Waals surface area contributed by atoms with Gasteiger partial charge in [0.1, 0.15) is 5.75 Å². The van der Waals surface area contributed by atoms with E-state index in [-0.39, 0.29) is 5.91 Å². The normalized spacial score (nSPS) is 20.1. The van der Waals surface area contributed by atoms with Gasteiger partial charge in [-0.15, -0.1) is 0 Å². The van der Waals surface area contributed by atoms with Crippen LogP contribution in [0.25, 0.3) is 0 Å². The maximum absolute atomic E-state index is 11.8. The van der Waals surface area contributed by atoms with E-state index < -0.39 is 6.10 Å². The first-order chi connectivity index (χ1) is 8.72. The molecule has 5 heteroatoms. The van der Waals surface area contributed by atoms with Crippen molar-refractivity contribution >= 4 is 21.8 Å². The second-order valence-electron chi connectivity index (χ2n) is 4.33. The van der Waals surface area contributed by atoms with Gasteiger partial charge in [0.05, 0.1) is 4.47 Å². The monoisotopic (exact) mass is 312 g/mol. The standard InChI is InChI=1S/C13H17BrN2O2/c14-10-5-3-4-9(8-15)12(10)18-11-6-1-2-7-16-13(11)17/h3-5,11H,1-2,6-8,15H2,(H,16,17). The van der Waals surface area contributed by atoms with E-state index >= 15 is 0 Å². The number of hydrogen-bond acceptors (Lipinski definition) is 3. The third kappa shape index (κ3) is 3.03. The molecule has 3 N–H and O–H groups in total. The minimum absolute atomic E-state index is 0.0359. The molecule has 1 fully saturated rings. The van der Waals surface area contributed by atoms with Crippen LogP contribution in [0.4, 0.5) is 0 Å². The van der Waals surface area contributed by atoms with Crippen molar-refractivity contribution in [3.8, 4) is 5.75 Å². The fourth-order valence-corrected chi connectivity index (χ4v) is 2.51. The van der Waals surface area contributed by atoms with Crippen LogP contribution >= 0.6 is 15.9 Å². The summed E-state index contributed by atoms with van der Waals surface area (Å²) in [6.45, 7) is 1.13. The highest BCUT2D eigenvalue weighted by atomic mass is 79.9. The first kappa shape index (κ1) is 13.4. The highest BCUT2D eigenvalue weighted by Crippen LogP contribution is 2.30. The summed E-state index contributed by atoms with van der Waals surface area (Å²) in [6.07, 6.45) is 2.32. The average molecular weight is 313 g/mol. The second kappa shape index (κ2) is 6.20. The van der Waals surface area contributed by atoms with E-state index in [4.69, 9.17) is 10.5 Å². The molecule has 18 heavy (non-hydrogen) atoms. The Hall–Kier alpha value is -1.07. The summed E-state index contributed by atoms with van der Waals surface area (Å²) in [4.78, 5) is 11.8. The molecular weight excluding hydrogens is 296 g/mol. The molecule has 2 rings (SSSR count). The number of halogens is 1. The molecule has 0 saturated carbocycles. The van der Waals surface area contributed by atoms with E-state index in [9.17, 15) is 4.79 Å². The van der Waals surface area contributed by atoms with Crippen molar-refractivity contribution in [1.82, 2.24) is 5.32 Å². The van der Waals surface area contributed by atoms with E-state index in [1.54, 1.807) is 0 Å². The molecule has 1 unspecified atom stereocenters. The number of carbonyl (C=O) groups is 1. The SMILES string of the molecule is NCc1cccc(Br)c1OC1CCCCNC1=O. The fourth-order valence-electron chi connectivity index (χ4n) is 2.01. The van der Waals surface area contributed by atoms with Crippen LogP contribution in [0.3, 0.4) is 0 Å². The molecule has 0 aromatic heterocycles. The van der Waals surface area contributed by atoms with Crippen molar-refractivity contribution in [3.63, 3.8) is 0 Å². The van der Waals surface area contributed by atoms with Crippen molar-refractivity contribution in [2.75, 3.05) is 6.54 Å². The molecule has 1 saturated heterocycles. The second-order valence-corrected chi connectivity index (χ2v) is 5.18. The minimum Gasteiger partial charge on any atom is -0.479 e. The Bertz CT molecular complexity index is 437. The quantitative estimate of drug-likeness (QED) is 0.896. The predicted molar refractivity (Wildman–Crippen MR) is 73.3 cm³/mol. The number of ether oxygens (including phenoxy) is 1. The Morgan fingerprint density at radius 2 is 2.28 bits per heavy atom. The van der Waals surface area contributed by atoms with Gasteiger partial charge in [-0.25, -0.2) is 0 Å². The van der Waals surface area contributed by atoms with Crippen molar-refractivity contribution in [2.24, 2.45) is 5.73 Å². The molecule has 1 amide bonds. The van der Waals surface area contributed by atoms with Gasteiger partial charge in [0.15, 0.2) is 6.10 Å². The molecule has 0 aliphatic carbocycles. The molecule has 1 heterocycles. The lowest BCUT2D eigenvalue weighted by Gasteiger charge is -2.19. The largest absolute Gasteiger partial charge is 0.479 e. The van der Waals surface area contributed by atoms with E-state index in [2.05, 4.69) is 21.2 Å². The Labute approximate surface area is 115 Å². The molecule has 0 bridgehead atoms. The van der Waals surface area contributed by atoms with Crippen molar-refractivity contribution in [1.29, 1.82) is 0 Å². The molecule has 1 aliphatic rings. The molecule has 1 aliphatic heterocycles. The van der Waals surface area contributed by atoms with Gasteiger partial charge in [-0.05, 0) is 41.3 Å². The first-order valence-electron chi connectivity index (χ1n) is 6.14. The number of para-hydroxylation sites is 1. The van der Waals surface area contributed by atoms with Gasteiger partial charge < -0.3 is 15.8 Å². The van der Waals surface area contributed by atoms with Gasteiger partial charge in [-0.2, -0.15) is 0 Å². The Kier molecular flexibility index (Phi) is 4.60. The number of benzene rings is 1. The Morgan fingerprint density at radius 3 is 3.06 bits per heavy atom. The summed E-state index contributed by atoms with van der Waals surface area (Å²) in [5, 5.41) is 2.86. The highest BCUT2D eigenvalue weighted by Gasteiger charge is 2.23. The molecule has 1 atom stereocenters. The van der Waals surface area contributed by atoms with Gasteiger partial charge in [0.2, 0.25) is 0 Å². The molecule has 98 valence electrons. The average Bonchev–Trinajstić information content (AvgIpc) is 2.57. The van der Waals surface area contributed by atoms with Gasteiger partial charge in [0.25, 0.3) is 5.91 Å². The van der Waals surface area contributed by atoms with Gasteiger partial charge in [-0.3, -0.25) is 4.79 Å². The summed E-state index contributed by atoms with van der Waals surface area (Å²) in [5.41, 5.74) is 6.59. The molecule has 4 nitrogen and oxygen atoms in total. The fraction of sp³-hybridized carbons (Fsp3) is 0.462. The minimum atomic E-state index is -0.420. The molecule has 1 aromatic carbocycles. The summed E-state index contributed by atoms with van der Waals surface area (Å²) in [6, 6.07) is 5.71. The lowest BCUT2D eigenvalue weighted by molar-refractivity contribution is -0.127. The number of nitrogens with one attached hydrogen (secondary N) is 1. The predicted octanol–water partition coefficient (Wildman–Crippen LogP) is 1.96. The van der Waals surface area contributed by atoms with Crippen LogP contribution in [-0.4, -0.2) is 18.6 Å². The Morgan fingerprint density at radius 1 is 1.44 bits per heavy atom. The maximum Gasteiger partial charge on any atom is 0.261 e. The van der Waals surface area contributed by atoms with Crippen LogP contribution in [0.1, 0.15) is 24.8 Å². The zero-order chi connectivity index (χ0) is 13.0. The number of nitrogens with two attached hydrogens (primary N) is 1. The molecular formula is C13H17BrN2O2. The van der Waals surface area contributed by atoms with Crippen LogP contribution in [0.2, 0.25) is 0 Å². The number of rotatable bonds is 3. The Balaban J connectivity index is 2.19. The van der Waals surface area contributed by atoms with Crippen molar-refractivity contribution in [2.45, 2.75) is 31.9 Å². The molecule has 0 spiro atoms. The van der Waals surface area contributed by atoms with Crippen LogP contribution in [0.5, 0.6) is 5.75 Å². The summed E-state index contributed by atoms with van der Waals surface area (Å²) in [7, 11) is 0. The van der Waals surface area contributed by atoms with E-state index in [0.717, 1.165) is 35.8 Å². The third-order valence-corrected chi connectivity index (χ3v) is 3.64. The van der Waals surface area contributed by atoms with E-state index in [1.807, 2.05) is 18.2 Å². The first-order valence-corrected chi connectivity index (χ1v) is 6.93. The molecule has 1 aromatic rings. The number of hydrogen-bond donors (Lipinski definition) is 2. The van der Waals surface area contributed by atoms with E-state index in [0.29, 0.717) is 12.3 Å². The van der Waals surface area contributed by atoms with E-state index in [1.165, 1.54) is 0 Å². The molecule has 0 radical (unpaired) electrons. The van der Waals surface area contributed by atoms with Crippen LogP contribution in [0.15, 0.2) is 22.7 Å². The van der Waals surface area contributed by atoms with Crippen LogP contribution in [0, 0.1) is 0 Å². The lowest BCUT2D eigenvalue weighted by Crippen LogP contribution is -2.36. The van der Waals surface area contributed by atoms with Crippen molar-refractivity contribution in [3.05, 3.63) is 28.2 Å². The third-order valence-electron chi connectivity index (χ3n) is 3.01. The topological polar surface area (TPSA) is 64.3 Å². The smallest absolute Gasteiger partial charge is 0.261 e. The summed E-state index contributed by atoms with van der Waals surface area (Å²) < 4.78 is 6.70. The maximum atomic E-state index is 11.8. The van der Waals surface area contributed by atoms with Gasteiger partial charge in [0, 0.05) is 18.7 Å². The number of amides is 1.